The molecule has 0 saturated carbocycles. The van der Waals surface area contributed by atoms with Gasteiger partial charge >= 0.3 is 6.03 Å². The standard InChI is InChI=1S/C15H16FN3O/c16-14-4-2-1-3-12(14)10-18-15(20)19-13-7-5-11(9-17)6-8-13/h1-8H,9-10,17H2,(H2,18,19,20). The lowest BCUT2D eigenvalue weighted by atomic mass is 10.2. The van der Waals surface area contributed by atoms with Crippen LogP contribution in [0.1, 0.15) is 11.1 Å². The van der Waals surface area contributed by atoms with Gasteiger partial charge in [0, 0.05) is 24.3 Å². The molecule has 0 aliphatic heterocycles. The Hall–Kier alpha value is -2.40. The summed E-state index contributed by atoms with van der Waals surface area (Å²) in [5, 5.41) is 5.27. The van der Waals surface area contributed by atoms with Crippen molar-refractivity contribution in [1.82, 2.24) is 5.32 Å². The van der Waals surface area contributed by atoms with Gasteiger partial charge in [0.05, 0.1) is 0 Å². The number of carbonyl (C=O) groups is 1. The molecule has 0 bridgehead atoms. The van der Waals surface area contributed by atoms with E-state index in [1.165, 1.54) is 6.07 Å². The van der Waals surface area contributed by atoms with E-state index in [0.29, 0.717) is 17.8 Å². The molecule has 2 rings (SSSR count). The highest BCUT2D eigenvalue weighted by Crippen LogP contribution is 2.09. The van der Waals surface area contributed by atoms with E-state index in [1.54, 1.807) is 30.3 Å². The maximum atomic E-state index is 13.4. The highest BCUT2D eigenvalue weighted by atomic mass is 19.1. The zero-order chi connectivity index (χ0) is 14.4. The average molecular weight is 273 g/mol. The van der Waals surface area contributed by atoms with Crippen LogP contribution in [0.25, 0.3) is 0 Å². The average Bonchev–Trinajstić information content (AvgIpc) is 2.47. The second kappa shape index (κ2) is 6.68. The molecule has 0 atom stereocenters. The first-order valence-electron chi connectivity index (χ1n) is 6.26. The van der Waals surface area contributed by atoms with Crippen molar-refractivity contribution in [2.75, 3.05) is 5.32 Å². The van der Waals surface area contributed by atoms with Gasteiger partial charge in [-0.25, -0.2) is 9.18 Å². The van der Waals surface area contributed by atoms with Crippen LogP contribution in [0.5, 0.6) is 0 Å². The minimum atomic E-state index is -0.381. The molecule has 0 heterocycles. The molecule has 0 aliphatic carbocycles. The van der Waals surface area contributed by atoms with Crippen LogP contribution in [0.3, 0.4) is 0 Å². The van der Waals surface area contributed by atoms with Crippen LogP contribution in [0.2, 0.25) is 0 Å². The SMILES string of the molecule is NCc1ccc(NC(=O)NCc2ccccc2F)cc1. The van der Waals surface area contributed by atoms with Gasteiger partial charge in [-0.3, -0.25) is 0 Å². The normalized spacial score (nSPS) is 10.1. The summed E-state index contributed by atoms with van der Waals surface area (Å²) in [6.07, 6.45) is 0. The Kier molecular flexibility index (Phi) is 4.68. The lowest BCUT2D eigenvalue weighted by Gasteiger charge is -2.08. The quantitative estimate of drug-likeness (QED) is 0.801. The maximum Gasteiger partial charge on any atom is 0.319 e. The summed E-state index contributed by atoms with van der Waals surface area (Å²) in [4.78, 5) is 11.7. The minimum Gasteiger partial charge on any atom is -0.334 e. The van der Waals surface area contributed by atoms with Crippen molar-refractivity contribution in [2.45, 2.75) is 13.1 Å². The highest BCUT2D eigenvalue weighted by molar-refractivity contribution is 5.89. The van der Waals surface area contributed by atoms with Gasteiger partial charge in [0.2, 0.25) is 0 Å². The van der Waals surface area contributed by atoms with Crippen molar-refractivity contribution in [3.8, 4) is 0 Å². The van der Waals surface area contributed by atoms with E-state index < -0.39 is 0 Å². The molecule has 0 fully saturated rings. The first-order chi connectivity index (χ1) is 9.69. The Morgan fingerprint density at radius 2 is 1.80 bits per heavy atom. The summed E-state index contributed by atoms with van der Waals surface area (Å²) >= 11 is 0. The van der Waals surface area contributed by atoms with Gasteiger partial charge in [0.25, 0.3) is 0 Å². The van der Waals surface area contributed by atoms with Gasteiger partial charge in [-0.15, -0.1) is 0 Å². The molecular formula is C15H16FN3O. The molecule has 2 aromatic carbocycles. The number of nitrogens with two attached hydrogens (primary N) is 1. The minimum absolute atomic E-state index is 0.138. The molecule has 4 nitrogen and oxygen atoms in total. The first-order valence-corrected chi connectivity index (χ1v) is 6.26. The fourth-order valence-corrected chi connectivity index (χ4v) is 1.72. The molecule has 20 heavy (non-hydrogen) atoms. The zero-order valence-electron chi connectivity index (χ0n) is 10.9. The molecular weight excluding hydrogens is 257 g/mol. The van der Waals surface area contributed by atoms with Gasteiger partial charge in [0.1, 0.15) is 5.82 Å². The number of hydrogen-bond donors (Lipinski definition) is 3. The molecule has 4 N–H and O–H groups in total. The van der Waals surface area contributed by atoms with E-state index in [4.69, 9.17) is 5.73 Å². The number of nitrogens with one attached hydrogen (secondary N) is 2. The molecule has 0 aliphatic rings. The van der Waals surface area contributed by atoms with E-state index in [1.807, 2.05) is 12.1 Å². The third-order valence-corrected chi connectivity index (χ3v) is 2.84. The molecule has 2 amide bonds. The molecule has 0 spiro atoms. The van der Waals surface area contributed by atoms with Crippen LogP contribution in [0.15, 0.2) is 48.5 Å². The third kappa shape index (κ3) is 3.80. The van der Waals surface area contributed by atoms with Crippen molar-refractivity contribution < 1.29 is 9.18 Å². The zero-order valence-corrected chi connectivity index (χ0v) is 10.9. The van der Waals surface area contributed by atoms with E-state index in [9.17, 15) is 9.18 Å². The van der Waals surface area contributed by atoms with E-state index >= 15 is 0 Å². The van der Waals surface area contributed by atoms with Gasteiger partial charge in [0.15, 0.2) is 0 Å². The monoisotopic (exact) mass is 273 g/mol. The van der Waals surface area contributed by atoms with Crippen molar-refractivity contribution in [2.24, 2.45) is 5.73 Å². The summed E-state index contributed by atoms with van der Waals surface area (Å²) < 4.78 is 13.4. The summed E-state index contributed by atoms with van der Waals surface area (Å²) in [6.45, 7) is 0.596. The fraction of sp³-hybridized carbons (Fsp3) is 0.133. The molecule has 0 unspecified atom stereocenters. The number of benzene rings is 2. The Morgan fingerprint density at radius 1 is 1.10 bits per heavy atom. The molecule has 5 heteroatoms. The van der Waals surface area contributed by atoms with Crippen molar-refractivity contribution >= 4 is 11.7 Å². The number of carbonyl (C=O) groups excluding carboxylic acids is 1. The van der Waals surface area contributed by atoms with Crippen LogP contribution in [0, 0.1) is 5.82 Å². The number of hydrogen-bond acceptors (Lipinski definition) is 2. The Morgan fingerprint density at radius 3 is 2.45 bits per heavy atom. The lowest BCUT2D eigenvalue weighted by molar-refractivity contribution is 0.251. The largest absolute Gasteiger partial charge is 0.334 e. The van der Waals surface area contributed by atoms with Crippen LogP contribution in [-0.2, 0) is 13.1 Å². The van der Waals surface area contributed by atoms with Crippen LogP contribution in [0.4, 0.5) is 14.9 Å². The predicted molar refractivity (Wildman–Crippen MR) is 76.6 cm³/mol. The summed E-state index contributed by atoms with van der Waals surface area (Å²) in [6, 6.07) is 13.2. The van der Waals surface area contributed by atoms with Gasteiger partial charge in [-0.2, -0.15) is 0 Å². The summed E-state index contributed by atoms with van der Waals surface area (Å²) in [5.41, 5.74) is 7.59. The van der Waals surface area contributed by atoms with Crippen molar-refractivity contribution in [3.63, 3.8) is 0 Å². The Balaban J connectivity index is 1.87. The predicted octanol–water partition coefficient (Wildman–Crippen LogP) is 2.61. The lowest BCUT2D eigenvalue weighted by Crippen LogP contribution is -2.28. The summed E-state index contributed by atoms with van der Waals surface area (Å²) in [7, 11) is 0. The van der Waals surface area contributed by atoms with Gasteiger partial charge in [-0.1, -0.05) is 30.3 Å². The maximum absolute atomic E-state index is 13.4. The van der Waals surface area contributed by atoms with Gasteiger partial charge in [-0.05, 0) is 23.8 Å². The van der Waals surface area contributed by atoms with E-state index in [-0.39, 0.29) is 18.4 Å². The Bertz CT molecular complexity index is 584. The van der Waals surface area contributed by atoms with Gasteiger partial charge < -0.3 is 16.4 Å². The molecule has 104 valence electrons. The van der Waals surface area contributed by atoms with Crippen molar-refractivity contribution in [3.05, 3.63) is 65.5 Å². The molecule has 0 saturated heterocycles. The van der Waals surface area contributed by atoms with E-state index in [0.717, 1.165) is 5.56 Å². The molecule has 2 aromatic rings. The number of urea groups is 1. The highest BCUT2D eigenvalue weighted by Gasteiger charge is 2.04. The van der Waals surface area contributed by atoms with E-state index in [2.05, 4.69) is 10.6 Å². The fourth-order valence-electron chi connectivity index (χ4n) is 1.72. The number of anilines is 1. The van der Waals surface area contributed by atoms with Crippen LogP contribution >= 0.6 is 0 Å². The van der Waals surface area contributed by atoms with Crippen LogP contribution in [-0.4, -0.2) is 6.03 Å². The topological polar surface area (TPSA) is 67.1 Å². The second-order valence-corrected chi connectivity index (χ2v) is 4.30. The summed E-state index contributed by atoms with van der Waals surface area (Å²) in [5.74, 6) is -0.333. The molecule has 0 radical (unpaired) electrons. The van der Waals surface area contributed by atoms with Crippen LogP contribution < -0.4 is 16.4 Å². The third-order valence-electron chi connectivity index (χ3n) is 2.84. The second-order valence-electron chi connectivity index (χ2n) is 4.30. The number of rotatable bonds is 4. The number of amides is 2. The van der Waals surface area contributed by atoms with Crippen molar-refractivity contribution in [1.29, 1.82) is 0 Å². The number of halogens is 1. The molecule has 0 aromatic heterocycles. The Labute approximate surface area is 116 Å². The smallest absolute Gasteiger partial charge is 0.319 e. The first kappa shape index (κ1) is 14.0.